The maximum Gasteiger partial charge on any atom is 0.235 e. The van der Waals surface area contributed by atoms with Crippen molar-refractivity contribution < 1.29 is 0 Å². The van der Waals surface area contributed by atoms with Gasteiger partial charge in [-0.25, -0.2) is 9.97 Å². The van der Waals surface area contributed by atoms with Gasteiger partial charge in [-0.15, -0.1) is 11.3 Å². The van der Waals surface area contributed by atoms with E-state index in [1.165, 1.54) is 58.9 Å². The van der Waals surface area contributed by atoms with Crippen LogP contribution < -0.4 is 0 Å². The van der Waals surface area contributed by atoms with Crippen LogP contribution in [0, 0.1) is 0 Å². The minimum atomic E-state index is 0.626. The van der Waals surface area contributed by atoms with Crippen LogP contribution in [0.5, 0.6) is 0 Å². The maximum absolute atomic E-state index is 5.70. The fourth-order valence-corrected chi connectivity index (χ4v) is 11.5. The van der Waals surface area contributed by atoms with E-state index in [2.05, 4.69) is 223 Å². The third-order valence-electron chi connectivity index (χ3n) is 13.5. The van der Waals surface area contributed by atoms with Gasteiger partial charge in [0.1, 0.15) is 0 Å². The minimum absolute atomic E-state index is 0.626. The molecule has 1 aliphatic carbocycles. The van der Waals surface area contributed by atoms with Crippen molar-refractivity contribution in [3.8, 4) is 33.3 Å². The summed E-state index contributed by atoms with van der Waals surface area (Å²) in [7, 11) is 0. The van der Waals surface area contributed by atoms with Crippen LogP contribution in [0.2, 0.25) is 0 Å². The van der Waals surface area contributed by atoms with Gasteiger partial charge in [-0.3, -0.25) is 4.57 Å². The third-order valence-corrected chi connectivity index (χ3v) is 14.7. The summed E-state index contributed by atoms with van der Waals surface area (Å²) < 4.78 is 5.87. The second-order valence-corrected chi connectivity index (χ2v) is 18.5. The summed E-state index contributed by atoms with van der Waals surface area (Å²) in [5.74, 6) is 0.626. The summed E-state index contributed by atoms with van der Waals surface area (Å²) in [5.41, 5.74) is 15.2. The molecule has 0 saturated heterocycles. The van der Waals surface area contributed by atoms with E-state index in [1.54, 1.807) is 17.4 Å². The molecule has 4 heterocycles. The zero-order valence-corrected chi connectivity index (χ0v) is 37.9. The Morgan fingerprint density at radius 2 is 1.29 bits per heavy atom. The molecule has 0 atom stereocenters. The van der Waals surface area contributed by atoms with E-state index in [-0.39, 0.29) is 0 Å². The van der Waals surface area contributed by atoms with E-state index in [0.717, 1.165) is 73.0 Å². The molecule has 1 aliphatic rings. The standard InChI is InChI=1S/C63H42N4S/c1-3-16-40(4-2)41-27-29-43(30-28-41)61-60-54(34-32-48-39-59(68-62(48)60)42-17-7-5-8-18-42)64-63(65-61)67-57-36-46(21-15-25-51(57)53-35-44-19-11-12-20-45(44)37-58(53)67)47-31-33-52-50-24-13-14-26-55(50)66(56(52)38-47)49-22-9-6-10-23-49/h3-20,22-39H,1-2,21H2/b40-16+. The number of fused-ring (bicyclic) bond motifs is 10. The van der Waals surface area contributed by atoms with Crippen LogP contribution in [-0.2, 0) is 0 Å². The topological polar surface area (TPSA) is 35.6 Å². The summed E-state index contributed by atoms with van der Waals surface area (Å²) in [6.07, 6.45) is 13.4. The molecule has 320 valence electrons. The van der Waals surface area contributed by atoms with Crippen molar-refractivity contribution in [3.63, 3.8) is 0 Å². The van der Waals surface area contributed by atoms with Crippen LogP contribution in [0.25, 0.3) is 121 Å². The summed E-state index contributed by atoms with van der Waals surface area (Å²) in [6, 6.07) is 65.6. The highest BCUT2D eigenvalue weighted by Gasteiger charge is 2.24. The van der Waals surface area contributed by atoms with Gasteiger partial charge >= 0.3 is 0 Å². The number of nitrogens with zero attached hydrogens (tertiary/aromatic N) is 4. The van der Waals surface area contributed by atoms with Gasteiger partial charge in [0.05, 0.1) is 33.5 Å². The van der Waals surface area contributed by atoms with Gasteiger partial charge in [0.25, 0.3) is 0 Å². The molecule has 0 N–H and O–H groups in total. The Kier molecular flexibility index (Phi) is 9.37. The van der Waals surface area contributed by atoms with Crippen molar-refractivity contribution in [3.05, 3.63) is 242 Å². The lowest BCUT2D eigenvalue weighted by Gasteiger charge is -2.14. The van der Waals surface area contributed by atoms with Crippen LogP contribution in [-0.4, -0.2) is 19.1 Å². The predicted molar refractivity (Wildman–Crippen MR) is 291 cm³/mol. The first-order valence-electron chi connectivity index (χ1n) is 23.0. The first kappa shape index (κ1) is 39.7. The predicted octanol–water partition coefficient (Wildman–Crippen LogP) is 17.1. The Hall–Kier alpha value is -8.64. The first-order valence-corrected chi connectivity index (χ1v) is 23.8. The van der Waals surface area contributed by atoms with Crippen molar-refractivity contribution in [2.45, 2.75) is 6.42 Å². The minimum Gasteiger partial charge on any atom is -0.309 e. The SMILES string of the molecule is C=C/C=C(\C=C)c1ccc(-c2nc(-n3c4c(c5cc6ccccc6cc53)C=CCC(c3ccc5c6ccccc6n(-c6ccccc6)c5c3)=C4)nc3ccc4cc(-c5ccccc5)sc4c23)cc1. The lowest BCUT2D eigenvalue weighted by molar-refractivity contribution is 0.974. The number of para-hydroxylation sites is 2. The Balaban J connectivity index is 1.07. The average Bonchev–Trinajstić information content (AvgIpc) is 4.01. The lowest BCUT2D eigenvalue weighted by atomic mass is 10.00. The molecule has 0 fully saturated rings. The Labute approximate surface area is 397 Å². The number of rotatable bonds is 8. The number of allylic oxidation sites excluding steroid dienone is 6. The van der Waals surface area contributed by atoms with Crippen LogP contribution in [0.4, 0.5) is 0 Å². The number of hydrogen-bond acceptors (Lipinski definition) is 3. The van der Waals surface area contributed by atoms with E-state index in [9.17, 15) is 0 Å². The fourth-order valence-electron chi connectivity index (χ4n) is 10.3. The molecule has 0 bridgehead atoms. The second kappa shape index (κ2) is 16.1. The van der Waals surface area contributed by atoms with Crippen molar-refractivity contribution in [1.82, 2.24) is 19.1 Å². The summed E-state index contributed by atoms with van der Waals surface area (Å²) in [6.45, 7) is 8.02. The Bertz CT molecular complexity index is 4120. The molecular formula is C63H42N4S. The molecule has 0 aliphatic heterocycles. The normalized spacial score (nSPS) is 12.9. The molecule has 0 saturated carbocycles. The monoisotopic (exact) mass is 886 g/mol. The second-order valence-electron chi connectivity index (χ2n) is 17.4. The molecule has 0 radical (unpaired) electrons. The number of aromatic nitrogens is 4. The Morgan fingerprint density at radius 1 is 0.574 bits per heavy atom. The molecule has 4 aromatic heterocycles. The van der Waals surface area contributed by atoms with Gasteiger partial charge in [0.15, 0.2) is 0 Å². The van der Waals surface area contributed by atoms with Crippen molar-refractivity contribution in [1.29, 1.82) is 0 Å². The molecule has 12 aromatic rings. The number of thiophene rings is 1. The average molecular weight is 887 g/mol. The molecule has 0 spiro atoms. The van der Waals surface area contributed by atoms with Gasteiger partial charge in [0, 0.05) is 47.9 Å². The van der Waals surface area contributed by atoms with Gasteiger partial charge in [0.2, 0.25) is 5.95 Å². The first-order chi connectivity index (χ1) is 33.6. The van der Waals surface area contributed by atoms with E-state index in [0.29, 0.717) is 5.95 Å². The molecule has 5 heteroatoms. The molecule has 0 amide bonds. The smallest absolute Gasteiger partial charge is 0.235 e. The van der Waals surface area contributed by atoms with Crippen LogP contribution in [0.3, 0.4) is 0 Å². The van der Waals surface area contributed by atoms with E-state index < -0.39 is 0 Å². The van der Waals surface area contributed by atoms with Crippen molar-refractivity contribution in [2.24, 2.45) is 0 Å². The molecular weight excluding hydrogens is 845 g/mol. The molecule has 68 heavy (non-hydrogen) atoms. The number of benzene rings is 8. The zero-order valence-electron chi connectivity index (χ0n) is 37.1. The van der Waals surface area contributed by atoms with E-state index in [4.69, 9.17) is 9.97 Å². The highest BCUT2D eigenvalue weighted by Crippen LogP contribution is 2.44. The van der Waals surface area contributed by atoms with Crippen LogP contribution in [0.1, 0.15) is 28.8 Å². The Morgan fingerprint density at radius 3 is 2.10 bits per heavy atom. The summed E-state index contributed by atoms with van der Waals surface area (Å²) in [5, 5.41) is 8.21. The largest absolute Gasteiger partial charge is 0.309 e. The lowest BCUT2D eigenvalue weighted by Crippen LogP contribution is -2.06. The van der Waals surface area contributed by atoms with Crippen molar-refractivity contribution >= 4 is 99.1 Å². The maximum atomic E-state index is 5.70. The summed E-state index contributed by atoms with van der Waals surface area (Å²) in [4.78, 5) is 12.5. The molecule has 13 rings (SSSR count). The molecule has 0 unspecified atom stereocenters. The fraction of sp³-hybridized carbons (Fsp3) is 0.0159. The quantitative estimate of drug-likeness (QED) is 0.143. The van der Waals surface area contributed by atoms with Crippen LogP contribution in [0.15, 0.2) is 219 Å². The van der Waals surface area contributed by atoms with Gasteiger partial charge in [-0.05, 0) is 105 Å². The molecule has 8 aromatic carbocycles. The van der Waals surface area contributed by atoms with Crippen molar-refractivity contribution in [2.75, 3.05) is 0 Å². The van der Waals surface area contributed by atoms with Gasteiger partial charge < -0.3 is 4.57 Å². The van der Waals surface area contributed by atoms with E-state index in [1.807, 2.05) is 12.2 Å². The highest BCUT2D eigenvalue weighted by atomic mass is 32.1. The number of hydrogen-bond donors (Lipinski definition) is 0. The van der Waals surface area contributed by atoms with Gasteiger partial charge in [-0.1, -0.05) is 177 Å². The molecule has 4 nitrogen and oxygen atoms in total. The zero-order chi connectivity index (χ0) is 45.3. The third kappa shape index (κ3) is 6.43. The van der Waals surface area contributed by atoms with E-state index >= 15 is 0 Å². The summed E-state index contributed by atoms with van der Waals surface area (Å²) >= 11 is 1.80. The van der Waals surface area contributed by atoms with Crippen LogP contribution >= 0.6 is 11.3 Å². The highest BCUT2D eigenvalue weighted by molar-refractivity contribution is 7.23. The van der Waals surface area contributed by atoms with Gasteiger partial charge in [-0.2, -0.15) is 0 Å².